The first-order valence-corrected chi connectivity index (χ1v) is 6.40. The first kappa shape index (κ1) is 11.2. The predicted molar refractivity (Wildman–Crippen MR) is 74.0 cm³/mol. The van der Waals surface area contributed by atoms with E-state index in [0.29, 0.717) is 5.56 Å². The molecule has 1 aromatic heterocycles. The van der Waals surface area contributed by atoms with Crippen LogP contribution >= 0.6 is 0 Å². The summed E-state index contributed by atoms with van der Waals surface area (Å²) in [6.45, 7) is 0. The van der Waals surface area contributed by atoms with Crippen molar-refractivity contribution in [3.8, 4) is 0 Å². The van der Waals surface area contributed by atoms with Gasteiger partial charge < -0.3 is 10.3 Å². The van der Waals surface area contributed by atoms with E-state index < -0.39 is 0 Å². The zero-order valence-electron chi connectivity index (χ0n) is 10.5. The lowest BCUT2D eigenvalue weighted by Gasteiger charge is -2.10. The number of aromatic nitrogens is 1. The molecule has 98 valence electrons. The maximum Gasteiger partial charge on any atom is 0.252 e. The fourth-order valence-electron chi connectivity index (χ4n) is 2.84. The third-order valence-corrected chi connectivity index (χ3v) is 3.78. The Hall–Kier alpha value is -2.62. The van der Waals surface area contributed by atoms with Crippen molar-refractivity contribution in [2.75, 3.05) is 0 Å². The van der Waals surface area contributed by atoms with Crippen LogP contribution in [0.5, 0.6) is 0 Å². The molecule has 1 amide bonds. The molecule has 0 saturated carbocycles. The van der Waals surface area contributed by atoms with Crippen LogP contribution in [-0.4, -0.2) is 10.9 Å². The van der Waals surface area contributed by atoms with E-state index in [9.17, 15) is 9.18 Å². The molecular weight excluding hydrogens is 255 g/mol. The molecule has 1 atom stereocenters. The van der Waals surface area contributed by atoms with E-state index in [1.54, 1.807) is 12.1 Å². The molecule has 1 aliphatic heterocycles. The summed E-state index contributed by atoms with van der Waals surface area (Å²) in [4.78, 5) is 15.1. The van der Waals surface area contributed by atoms with Gasteiger partial charge in [0.05, 0.1) is 6.04 Å². The molecule has 20 heavy (non-hydrogen) atoms. The molecule has 2 heterocycles. The van der Waals surface area contributed by atoms with Gasteiger partial charge in [0, 0.05) is 28.2 Å². The number of hydrogen-bond donors (Lipinski definition) is 2. The molecule has 4 heteroatoms. The topological polar surface area (TPSA) is 44.9 Å². The van der Waals surface area contributed by atoms with Crippen molar-refractivity contribution in [3.05, 3.63) is 71.2 Å². The van der Waals surface area contributed by atoms with Crippen LogP contribution in [0.4, 0.5) is 4.39 Å². The van der Waals surface area contributed by atoms with Crippen molar-refractivity contribution in [3.63, 3.8) is 0 Å². The van der Waals surface area contributed by atoms with Gasteiger partial charge in [-0.15, -0.1) is 0 Å². The number of carbonyl (C=O) groups excluding carboxylic acids is 1. The predicted octanol–water partition coefficient (Wildman–Crippen LogP) is 3.14. The number of H-pyrrole nitrogens is 1. The summed E-state index contributed by atoms with van der Waals surface area (Å²) in [6.07, 6.45) is 1.83. The molecule has 2 N–H and O–H groups in total. The highest BCUT2D eigenvalue weighted by Crippen LogP contribution is 2.34. The highest BCUT2D eigenvalue weighted by molar-refractivity contribution is 6.00. The van der Waals surface area contributed by atoms with Gasteiger partial charge in [0.1, 0.15) is 5.82 Å². The molecule has 0 fully saturated rings. The van der Waals surface area contributed by atoms with E-state index >= 15 is 0 Å². The van der Waals surface area contributed by atoms with Crippen molar-refractivity contribution in [1.29, 1.82) is 0 Å². The van der Waals surface area contributed by atoms with E-state index in [4.69, 9.17) is 0 Å². The summed E-state index contributed by atoms with van der Waals surface area (Å²) in [5.74, 6) is -0.368. The molecule has 0 saturated heterocycles. The molecule has 3 aromatic rings. The second kappa shape index (κ2) is 3.93. The highest BCUT2D eigenvalue weighted by atomic mass is 19.1. The summed E-state index contributed by atoms with van der Waals surface area (Å²) in [5, 5.41) is 3.75. The van der Waals surface area contributed by atoms with E-state index in [0.717, 1.165) is 22.0 Å². The minimum absolute atomic E-state index is 0.0867. The van der Waals surface area contributed by atoms with Gasteiger partial charge in [-0.05, 0) is 29.8 Å². The zero-order valence-corrected chi connectivity index (χ0v) is 10.5. The Labute approximate surface area is 114 Å². The molecule has 4 rings (SSSR count). The largest absolute Gasteiger partial charge is 0.361 e. The third-order valence-electron chi connectivity index (χ3n) is 3.78. The smallest absolute Gasteiger partial charge is 0.252 e. The molecule has 1 unspecified atom stereocenters. The van der Waals surface area contributed by atoms with Crippen LogP contribution in [0.15, 0.2) is 48.7 Å². The van der Waals surface area contributed by atoms with Crippen molar-refractivity contribution >= 4 is 16.8 Å². The van der Waals surface area contributed by atoms with Crippen molar-refractivity contribution in [2.24, 2.45) is 0 Å². The molecule has 1 aliphatic rings. The van der Waals surface area contributed by atoms with E-state index in [1.807, 2.05) is 24.4 Å². The number of aromatic amines is 1. The van der Waals surface area contributed by atoms with Crippen molar-refractivity contribution in [1.82, 2.24) is 10.3 Å². The quantitative estimate of drug-likeness (QED) is 0.698. The summed E-state index contributed by atoms with van der Waals surface area (Å²) in [7, 11) is 0. The summed E-state index contributed by atoms with van der Waals surface area (Å²) in [5.41, 5.74) is 3.36. The molecule has 3 nitrogen and oxygen atoms in total. The molecule has 0 aliphatic carbocycles. The van der Waals surface area contributed by atoms with Gasteiger partial charge in [-0.3, -0.25) is 4.79 Å². The Balaban J connectivity index is 1.93. The Morgan fingerprint density at radius 2 is 1.90 bits per heavy atom. The minimum Gasteiger partial charge on any atom is -0.361 e. The Morgan fingerprint density at radius 1 is 1.05 bits per heavy atom. The lowest BCUT2D eigenvalue weighted by Crippen LogP contribution is -2.19. The fourth-order valence-corrected chi connectivity index (χ4v) is 2.84. The SMILES string of the molecule is O=C1NC(c2c[nH]c3ccc(F)cc23)c2ccccc21. The summed E-state index contributed by atoms with van der Waals surface area (Å²) < 4.78 is 13.5. The van der Waals surface area contributed by atoms with Gasteiger partial charge in [0.15, 0.2) is 0 Å². The highest BCUT2D eigenvalue weighted by Gasteiger charge is 2.30. The average molecular weight is 266 g/mol. The van der Waals surface area contributed by atoms with Crippen molar-refractivity contribution < 1.29 is 9.18 Å². The maximum absolute atomic E-state index is 13.5. The van der Waals surface area contributed by atoms with E-state index in [1.165, 1.54) is 12.1 Å². The number of nitrogens with one attached hydrogen (secondary N) is 2. The van der Waals surface area contributed by atoms with Crippen LogP contribution in [0.2, 0.25) is 0 Å². The minimum atomic E-state index is -0.282. The molecule has 0 spiro atoms. The second-order valence-electron chi connectivity index (χ2n) is 4.93. The van der Waals surface area contributed by atoms with Crippen LogP contribution in [-0.2, 0) is 0 Å². The monoisotopic (exact) mass is 266 g/mol. The van der Waals surface area contributed by atoms with Crippen LogP contribution in [0, 0.1) is 5.82 Å². The molecule has 0 radical (unpaired) electrons. The van der Waals surface area contributed by atoms with Gasteiger partial charge in [-0.1, -0.05) is 18.2 Å². The van der Waals surface area contributed by atoms with Crippen molar-refractivity contribution in [2.45, 2.75) is 6.04 Å². The van der Waals surface area contributed by atoms with Gasteiger partial charge in [-0.25, -0.2) is 4.39 Å². The summed E-state index contributed by atoms with van der Waals surface area (Å²) >= 11 is 0. The number of carbonyl (C=O) groups is 1. The van der Waals surface area contributed by atoms with Crippen LogP contribution in [0.1, 0.15) is 27.5 Å². The average Bonchev–Trinajstić information content (AvgIpc) is 3.00. The number of halogens is 1. The normalized spacial score (nSPS) is 17.2. The number of amides is 1. The summed E-state index contributed by atoms with van der Waals surface area (Å²) in [6, 6.07) is 11.9. The van der Waals surface area contributed by atoms with Crippen LogP contribution in [0.25, 0.3) is 10.9 Å². The molecule has 2 aromatic carbocycles. The molecule has 0 bridgehead atoms. The van der Waals surface area contributed by atoms with E-state index in [2.05, 4.69) is 10.3 Å². The lowest BCUT2D eigenvalue weighted by atomic mass is 9.98. The Morgan fingerprint density at radius 3 is 2.80 bits per heavy atom. The standard InChI is InChI=1S/C16H11FN2O/c17-9-5-6-14-12(7-9)13(8-18-14)15-10-3-1-2-4-11(10)16(20)19-15/h1-8,15,18H,(H,19,20). The first-order chi connectivity index (χ1) is 9.74. The first-order valence-electron chi connectivity index (χ1n) is 6.40. The Kier molecular flexibility index (Phi) is 2.21. The van der Waals surface area contributed by atoms with Crippen LogP contribution < -0.4 is 5.32 Å². The lowest BCUT2D eigenvalue weighted by molar-refractivity contribution is 0.0960. The maximum atomic E-state index is 13.5. The molecular formula is C16H11FN2O. The second-order valence-corrected chi connectivity index (χ2v) is 4.93. The van der Waals surface area contributed by atoms with Gasteiger partial charge in [0.25, 0.3) is 5.91 Å². The van der Waals surface area contributed by atoms with E-state index in [-0.39, 0.29) is 17.8 Å². The number of benzene rings is 2. The zero-order chi connectivity index (χ0) is 13.7. The number of fused-ring (bicyclic) bond motifs is 2. The van der Waals surface area contributed by atoms with Gasteiger partial charge in [0.2, 0.25) is 0 Å². The number of hydrogen-bond acceptors (Lipinski definition) is 1. The Bertz CT molecular complexity index is 837. The van der Waals surface area contributed by atoms with Gasteiger partial charge in [-0.2, -0.15) is 0 Å². The van der Waals surface area contributed by atoms with Gasteiger partial charge >= 0.3 is 0 Å². The fraction of sp³-hybridized carbons (Fsp3) is 0.0625. The third kappa shape index (κ3) is 1.48. The number of rotatable bonds is 1. The van der Waals surface area contributed by atoms with Crippen LogP contribution in [0.3, 0.4) is 0 Å².